The van der Waals surface area contributed by atoms with Crippen molar-refractivity contribution in [3.8, 4) is 11.5 Å². The summed E-state index contributed by atoms with van der Waals surface area (Å²) in [6.07, 6.45) is 3.16. The highest BCUT2D eigenvalue weighted by Crippen LogP contribution is 2.26. The van der Waals surface area contributed by atoms with E-state index < -0.39 is 0 Å². The zero-order valence-corrected chi connectivity index (χ0v) is 9.60. The smallest absolute Gasteiger partial charge is 0.333 e. The van der Waals surface area contributed by atoms with Crippen LogP contribution in [-0.4, -0.2) is 24.8 Å². The van der Waals surface area contributed by atoms with Gasteiger partial charge in [-0.15, -0.1) is 0 Å². The lowest BCUT2D eigenvalue weighted by Crippen LogP contribution is -1.95. The molecule has 0 aliphatic carbocycles. The number of phenolic OH excluding ortho intramolecular Hbond substituents is 1. The Balaban J connectivity index is 2.11. The lowest BCUT2D eigenvalue weighted by atomic mass is 10.1. The molecular formula is C13H14O4. The molecule has 17 heavy (non-hydrogen) atoms. The minimum absolute atomic E-state index is 0.115. The molecule has 0 radical (unpaired) electrons. The Morgan fingerprint density at radius 2 is 2.35 bits per heavy atom. The number of esters is 1. The fourth-order valence-electron chi connectivity index (χ4n) is 1.72. The molecule has 2 rings (SSSR count). The molecule has 0 atom stereocenters. The van der Waals surface area contributed by atoms with Gasteiger partial charge < -0.3 is 14.6 Å². The lowest BCUT2D eigenvalue weighted by molar-refractivity contribution is -0.135. The monoisotopic (exact) mass is 234 g/mol. The molecule has 1 aromatic carbocycles. The van der Waals surface area contributed by atoms with Gasteiger partial charge in [0, 0.05) is 12.0 Å². The van der Waals surface area contributed by atoms with Gasteiger partial charge in [0.25, 0.3) is 0 Å². The number of aromatic hydroxyl groups is 1. The van der Waals surface area contributed by atoms with Crippen LogP contribution in [0.25, 0.3) is 0 Å². The fourth-order valence-corrected chi connectivity index (χ4v) is 1.72. The third-order valence-corrected chi connectivity index (χ3v) is 2.70. The minimum atomic E-state index is -0.226. The first-order chi connectivity index (χ1) is 8.20. The van der Waals surface area contributed by atoms with Gasteiger partial charge in [0.1, 0.15) is 0 Å². The topological polar surface area (TPSA) is 55.8 Å². The molecule has 4 heteroatoms. The Kier molecular flexibility index (Phi) is 3.32. The maximum atomic E-state index is 11.2. The van der Waals surface area contributed by atoms with Gasteiger partial charge in [0.15, 0.2) is 11.5 Å². The van der Waals surface area contributed by atoms with E-state index in [0.717, 1.165) is 11.1 Å². The first-order valence-corrected chi connectivity index (χ1v) is 5.42. The van der Waals surface area contributed by atoms with Crippen molar-refractivity contribution in [3.05, 3.63) is 35.4 Å². The quantitative estimate of drug-likeness (QED) is 0.640. The zero-order chi connectivity index (χ0) is 12.3. The predicted molar refractivity (Wildman–Crippen MR) is 62.0 cm³/mol. The molecule has 1 aliphatic rings. The van der Waals surface area contributed by atoms with Crippen molar-refractivity contribution in [1.82, 2.24) is 0 Å². The van der Waals surface area contributed by atoms with Crippen molar-refractivity contribution in [2.24, 2.45) is 0 Å². The number of carbonyl (C=O) groups is 1. The number of hydrogen-bond donors (Lipinski definition) is 1. The van der Waals surface area contributed by atoms with Crippen molar-refractivity contribution < 1.29 is 19.4 Å². The normalized spacial score (nSPS) is 17.2. The van der Waals surface area contributed by atoms with Crippen LogP contribution in [0.1, 0.15) is 12.0 Å². The van der Waals surface area contributed by atoms with Gasteiger partial charge in [-0.1, -0.05) is 12.1 Å². The van der Waals surface area contributed by atoms with Gasteiger partial charge in [0.2, 0.25) is 0 Å². The first-order valence-electron chi connectivity index (χ1n) is 5.42. The molecule has 1 aliphatic heterocycles. The molecule has 90 valence electrons. The third kappa shape index (κ3) is 2.58. The number of allylic oxidation sites excluding steroid dienone is 1. The summed E-state index contributed by atoms with van der Waals surface area (Å²) < 4.78 is 9.86. The second kappa shape index (κ2) is 4.91. The molecule has 0 aromatic heterocycles. The average molecular weight is 234 g/mol. The molecule has 0 spiro atoms. The van der Waals surface area contributed by atoms with Crippen LogP contribution < -0.4 is 4.74 Å². The van der Waals surface area contributed by atoms with E-state index in [-0.39, 0.29) is 11.7 Å². The van der Waals surface area contributed by atoms with E-state index in [9.17, 15) is 9.90 Å². The van der Waals surface area contributed by atoms with Crippen LogP contribution in [0.15, 0.2) is 29.8 Å². The maximum Gasteiger partial charge on any atom is 0.333 e. The molecule has 0 unspecified atom stereocenters. The van der Waals surface area contributed by atoms with E-state index in [4.69, 9.17) is 9.47 Å². The summed E-state index contributed by atoms with van der Waals surface area (Å²) in [7, 11) is 1.51. The predicted octanol–water partition coefficient (Wildman–Crippen LogP) is 1.82. The van der Waals surface area contributed by atoms with Gasteiger partial charge in [-0.05, 0) is 24.1 Å². The molecule has 1 fully saturated rings. The molecule has 0 saturated carbocycles. The minimum Gasteiger partial charge on any atom is -0.504 e. The highest BCUT2D eigenvalue weighted by atomic mass is 16.5. The molecule has 1 saturated heterocycles. The molecule has 0 amide bonds. The molecular weight excluding hydrogens is 220 g/mol. The van der Waals surface area contributed by atoms with E-state index in [0.29, 0.717) is 25.2 Å². The zero-order valence-electron chi connectivity index (χ0n) is 9.60. The van der Waals surface area contributed by atoms with Crippen molar-refractivity contribution in [2.45, 2.75) is 12.8 Å². The number of ether oxygens (including phenoxy) is 2. The van der Waals surface area contributed by atoms with Gasteiger partial charge in [0.05, 0.1) is 13.7 Å². The van der Waals surface area contributed by atoms with Gasteiger partial charge in [-0.2, -0.15) is 0 Å². The van der Waals surface area contributed by atoms with Crippen LogP contribution in [0.2, 0.25) is 0 Å². The van der Waals surface area contributed by atoms with Crippen LogP contribution in [0.3, 0.4) is 0 Å². The van der Waals surface area contributed by atoms with Crippen LogP contribution in [-0.2, 0) is 16.0 Å². The summed E-state index contributed by atoms with van der Waals surface area (Å²) in [5.41, 5.74) is 1.70. The van der Waals surface area contributed by atoms with Gasteiger partial charge >= 0.3 is 5.97 Å². The van der Waals surface area contributed by atoms with Crippen LogP contribution >= 0.6 is 0 Å². The summed E-state index contributed by atoms with van der Waals surface area (Å²) in [5.74, 6) is 0.329. The van der Waals surface area contributed by atoms with E-state index in [1.165, 1.54) is 7.11 Å². The van der Waals surface area contributed by atoms with Crippen molar-refractivity contribution >= 4 is 5.97 Å². The summed E-state index contributed by atoms with van der Waals surface area (Å²) in [6, 6.07) is 5.14. The Morgan fingerprint density at radius 1 is 1.53 bits per heavy atom. The standard InChI is InChI=1S/C13H14O4/c1-16-12-8-9(3-5-11(12)14)2-4-10-6-7-17-13(10)15/h3-5,8,14H,2,6-7H2,1H3/b10-4+. The average Bonchev–Trinajstić information content (AvgIpc) is 2.74. The SMILES string of the molecule is COc1cc(C/C=C2\CCOC2=O)ccc1O. The molecule has 0 bridgehead atoms. The van der Waals surface area contributed by atoms with Gasteiger partial charge in [-0.25, -0.2) is 4.79 Å². The Labute approximate surface area is 99.5 Å². The summed E-state index contributed by atoms with van der Waals surface area (Å²) in [4.78, 5) is 11.2. The van der Waals surface area contributed by atoms with Crippen LogP contribution in [0.4, 0.5) is 0 Å². The number of phenols is 1. The van der Waals surface area contributed by atoms with E-state index >= 15 is 0 Å². The molecule has 1 heterocycles. The van der Waals surface area contributed by atoms with E-state index in [1.807, 2.05) is 6.08 Å². The largest absolute Gasteiger partial charge is 0.504 e. The molecule has 1 N–H and O–H groups in total. The molecule has 1 aromatic rings. The maximum absolute atomic E-state index is 11.2. The Morgan fingerprint density at radius 3 is 3.00 bits per heavy atom. The highest BCUT2D eigenvalue weighted by Gasteiger charge is 2.17. The Hall–Kier alpha value is -1.97. The van der Waals surface area contributed by atoms with Crippen LogP contribution in [0.5, 0.6) is 11.5 Å². The number of carbonyl (C=O) groups excluding carboxylic acids is 1. The van der Waals surface area contributed by atoms with E-state index in [1.54, 1.807) is 18.2 Å². The number of benzene rings is 1. The third-order valence-electron chi connectivity index (χ3n) is 2.70. The van der Waals surface area contributed by atoms with Crippen LogP contribution in [0, 0.1) is 0 Å². The number of methoxy groups -OCH3 is 1. The number of cyclic esters (lactones) is 1. The second-order valence-electron chi connectivity index (χ2n) is 3.83. The van der Waals surface area contributed by atoms with E-state index in [2.05, 4.69) is 0 Å². The summed E-state index contributed by atoms with van der Waals surface area (Å²) in [5, 5.41) is 9.44. The highest BCUT2D eigenvalue weighted by molar-refractivity contribution is 5.90. The number of rotatable bonds is 3. The second-order valence-corrected chi connectivity index (χ2v) is 3.83. The molecule has 4 nitrogen and oxygen atoms in total. The number of hydrogen-bond acceptors (Lipinski definition) is 4. The van der Waals surface area contributed by atoms with Crippen molar-refractivity contribution in [3.63, 3.8) is 0 Å². The van der Waals surface area contributed by atoms with Crippen molar-refractivity contribution in [2.75, 3.05) is 13.7 Å². The summed E-state index contributed by atoms with van der Waals surface area (Å²) in [6.45, 7) is 0.476. The first kappa shape index (κ1) is 11.5. The summed E-state index contributed by atoms with van der Waals surface area (Å²) >= 11 is 0. The lowest BCUT2D eigenvalue weighted by Gasteiger charge is -2.05. The van der Waals surface area contributed by atoms with Gasteiger partial charge in [-0.3, -0.25) is 0 Å². The Bertz CT molecular complexity index is 462. The fraction of sp³-hybridized carbons (Fsp3) is 0.308. The van der Waals surface area contributed by atoms with Crippen molar-refractivity contribution in [1.29, 1.82) is 0 Å².